The molecule has 0 heterocycles. The highest BCUT2D eigenvalue weighted by Gasteiger charge is 2.12. The summed E-state index contributed by atoms with van der Waals surface area (Å²) in [6.07, 6.45) is 3.46. The third kappa shape index (κ3) is 3.44. The molecule has 0 atom stereocenters. The van der Waals surface area contributed by atoms with Gasteiger partial charge in [0.2, 0.25) is 0 Å². The van der Waals surface area contributed by atoms with Crippen LogP contribution in [0.1, 0.15) is 36.3 Å². The lowest BCUT2D eigenvalue weighted by atomic mass is 9.87. The molecule has 2 N–H and O–H groups in total. The van der Waals surface area contributed by atoms with E-state index in [9.17, 15) is 0 Å². The van der Waals surface area contributed by atoms with Crippen LogP contribution in [0.3, 0.4) is 0 Å². The normalized spacial score (nSPS) is 10.8. The maximum Gasteiger partial charge on any atom is 0.00893 e. The van der Waals surface area contributed by atoms with Gasteiger partial charge in [0.1, 0.15) is 0 Å². The number of hydrogen-bond acceptors (Lipinski definition) is 1. The topological polar surface area (TPSA) is 26.0 Å². The third-order valence-electron chi connectivity index (χ3n) is 3.35. The summed E-state index contributed by atoms with van der Waals surface area (Å²) >= 11 is 0. The van der Waals surface area contributed by atoms with Crippen molar-refractivity contribution >= 4 is 0 Å². The molecule has 0 saturated carbocycles. The molecule has 0 aliphatic carbocycles. The van der Waals surface area contributed by atoms with Crippen molar-refractivity contribution in [3.63, 3.8) is 0 Å². The fraction of sp³-hybridized carbons (Fsp3) is 0.294. The van der Waals surface area contributed by atoms with E-state index >= 15 is 0 Å². The molecule has 2 rings (SSSR count). The van der Waals surface area contributed by atoms with Crippen LogP contribution in [0.25, 0.3) is 0 Å². The zero-order valence-corrected chi connectivity index (χ0v) is 10.8. The van der Waals surface area contributed by atoms with E-state index in [0.29, 0.717) is 5.92 Å². The van der Waals surface area contributed by atoms with Crippen LogP contribution in [0, 0.1) is 0 Å². The Morgan fingerprint density at radius 1 is 0.722 bits per heavy atom. The van der Waals surface area contributed by atoms with Gasteiger partial charge in [-0.05, 0) is 30.5 Å². The van der Waals surface area contributed by atoms with Gasteiger partial charge in [0.15, 0.2) is 0 Å². The molecule has 0 aliphatic heterocycles. The number of unbranched alkanes of at least 4 members (excludes halogenated alkanes) is 1. The predicted molar refractivity (Wildman–Crippen MR) is 77.6 cm³/mol. The largest absolute Gasteiger partial charge is 0.330 e. The van der Waals surface area contributed by atoms with Gasteiger partial charge in [-0.2, -0.15) is 0 Å². The molecular formula is C17H21N. The molecule has 0 aliphatic rings. The van der Waals surface area contributed by atoms with E-state index in [-0.39, 0.29) is 0 Å². The van der Waals surface area contributed by atoms with Crippen molar-refractivity contribution in [1.82, 2.24) is 0 Å². The molecule has 0 aromatic heterocycles. The van der Waals surface area contributed by atoms with Crippen LogP contribution >= 0.6 is 0 Å². The fourth-order valence-corrected chi connectivity index (χ4v) is 2.39. The van der Waals surface area contributed by atoms with Crippen molar-refractivity contribution in [2.45, 2.75) is 25.2 Å². The van der Waals surface area contributed by atoms with Crippen molar-refractivity contribution < 1.29 is 0 Å². The Kier molecular flexibility index (Phi) is 4.98. The average Bonchev–Trinajstić information content (AvgIpc) is 2.46. The van der Waals surface area contributed by atoms with Gasteiger partial charge >= 0.3 is 0 Å². The Labute approximate surface area is 110 Å². The number of nitrogens with two attached hydrogens (primary N) is 1. The number of benzene rings is 2. The maximum atomic E-state index is 5.59. The summed E-state index contributed by atoms with van der Waals surface area (Å²) in [7, 11) is 0. The van der Waals surface area contributed by atoms with Crippen molar-refractivity contribution in [2.75, 3.05) is 6.54 Å². The number of hydrogen-bond donors (Lipinski definition) is 1. The molecule has 0 spiro atoms. The molecule has 0 bridgehead atoms. The van der Waals surface area contributed by atoms with Crippen LogP contribution in [0.5, 0.6) is 0 Å². The Bertz CT molecular complexity index is 396. The summed E-state index contributed by atoms with van der Waals surface area (Å²) in [6, 6.07) is 21.5. The van der Waals surface area contributed by atoms with Gasteiger partial charge in [0.05, 0.1) is 0 Å². The Hall–Kier alpha value is -1.60. The minimum absolute atomic E-state index is 0.499. The van der Waals surface area contributed by atoms with Crippen molar-refractivity contribution in [3.8, 4) is 0 Å². The molecule has 2 aromatic carbocycles. The van der Waals surface area contributed by atoms with E-state index < -0.39 is 0 Å². The van der Waals surface area contributed by atoms with Gasteiger partial charge in [-0.3, -0.25) is 0 Å². The van der Waals surface area contributed by atoms with Crippen LogP contribution in [-0.2, 0) is 0 Å². The highest BCUT2D eigenvalue weighted by molar-refractivity contribution is 5.32. The van der Waals surface area contributed by atoms with Gasteiger partial charge in [-0.25, -0.2) is 0 Å². The minimum atomic E-state index is 0.499. The second-order valence-electron chi connectivity index (χ2n) is 4.66. The lowest BCUT2D eigenvalue weighted by molar-refractivity contribution is 0.632. The zero-order valence-electron chi connectivity index (χ0n) is 10.8. The molecule has 2 aromatic rings. The lowest BCUT2D eigenvalue weighted by Gasteiger charge is -2.17. The molecule has 0 amide bonds. The summed E-state index contributed by atoms with van der Waals surface area (Å²) in [5, 5.41) is 0. The minimum Gasteiger partial charge on any atom is -0.330 e. The van der Waals surface area contributed by atoms with Gasteiger partial charge in [-0.15, -0.1) is 0 Å². The van der Waals surface area contributed by atoms with Crippen molar-refractivity contribution in [2.24, 2.45) is 5.73 Å². The first kappa shape index (κ1) is 12.8. The standard InChI is InChI=1S/C17H21N/c18-14-8-7-13-17(15-9-3-1-4-10-15)16-11-5-2-6-12-16/h1-6,9-12,17H,7-8,13-14,18H2. The van der Waals surface area contributed by atoms with Gasteiger partial charge in [0.25, 0.3) is 0 Å². The summed E-state index contributed by atoms with van der Waals surface area (Å²) in [5.74, 6) is 0.499. The summed E-state index contributed by atoms with van der Waals surface area (Å²) in [5.41, 5.74) is 8.40. The molecular weight excluding hydrogens is 218 g/mol. The van der Waals surface area contributed by atoms with Crippen molar-refractivity contribution in [1.29, 1.82) is 0 Å². The monoisotopic (exact) mass is 239 g/mol. The van der Waals surface area contributed by atoms with E-state index in [1.165, 1.54) is 24.0 Å². The van der Waals surface area contributed by atoms with Crippen LogP contribution in [-0.4, -0.2) is 6.54 Å². The quantitative estimate of drug-likeness (QED) is 0.759. The zero-order chi connectivity index (χ0) is 12.6. The predicted octanol–water partition coefficient (Wildman–Crippen LogP) is 3.95. The van der Waals surface area contributed by atoms with Gasteiger partial charge < -0.3 is 5.73 Å². The Balaban J connectivity index is 2.18. The molecule has 1 heteroatoms. The summed E-state index contributed by atoms with van der Waals surface area (Å²) in [4.78, 5) is 0. The van der Waals surface area contributed by atoms with Crippen LogP contribution in [0.4, 0.5) is 0 Å². The SMILES string of the molecule is NCCCCC(c1ccccc1)c1ccccc1. The second-order valence-corrected chi connectivity index (χ2v) is 4.66. The Morgan fingerprint density at radius 2 is 1.22 bits per heavy atom. The third-order valence-corrected chi connectivity index (χ3v) is 3.35. The number of rotatable bonds is 6. The van der Waals surface area contributed by atoms with Crippen LogP contribution in [0.15, 0.2) is 60.7 Å². The molecule has 0 saturated heterocycles. The molecule has 18 heavy (non-hydrogen) atoms. The summed E-state index contributed by atoms with van der Waals surface area (Å²) < 4.78 is 0. The average molecular weight is 239 g/mol. The molecule has 1 nitrogen and oxygen atoms in total. The highest BCUT2D eigenvalue weighted by Crippen LogP contribution is 2.29. The van der Waals surface area contributed by atoms with E-state index in [0.717, 1.165) is 13.0 Å². The molecule has 94 valence electrons. The fourth-order valence-electron chi connectivity index (χ4n) is 2.39. The highest BCUT2D eigenvalue weighted by atomic mass is 14.5. The molecule has 0 fully saturated rings. The van der Waals surface area contributed by atoms with Crippen LogP contribution in [0.2, 0.25) is 0 Å². The second kappa shape index (κ2) is 6.97. The first-order valence-corrected chi connectivity index (χ1v) is 6.72. The molecule has 0 unspecified atom stereocenters. The summed E-state index contributed by atoms with van der Waals surface area (Å²) in [6.45, 7) is 0.788. The molecule has 0 radical (unpaired) electrons. The van der Waals surface area contributed by atoms with E-state index in [2.05, 4.69) is 60.7 Å². The van der Waals surface area contributed by atoms with Crippen molar-refractivity contribution in [3.05, 3.63) is 71.8 Å². The Morgan fingerprint density at radius 3 is 1.67 bits per heavy atom. The maximum absolute atomic E-state index is 5.59. The van der Waals surface area contributed by atoms with E-state index in [4.69, 9.17) is 5.73 Å². The van der Waals surface area contributed by atoms with Crippen LogP contribution < -0.4 is 5.73 Å². The lowest BCUT2D eigenvalue weighted by Crippen LogP contribution is -2.04. The first-order chi connectivity index (χ1) is 8.92. The van der Waals surface area contributed by atoms with E-state index in [1.807, 2.05) is 0 Å². The van der Waals surface area contributed by atoms with Gasteiger partial charge in [-0.1, -0.05) is 67.1 Å². The van der Waals surface area contributed by atoms with E-state index in [1.54, 1.807) is 0 Å². The first-order valence-electron chi connectivity index (χ1n) is 6.72. The smallest absolute Gasteiger partial charge is 0.00893 e. The van der Waals surface area contributed by atoms with Gasteiger partial charge in [0, 0.05) is 5.92 Å².